The van der Waals surface area contributed by atoms with Gasteiger partial charge in [0, 0.05) is 56.3 Å². The van der Waals surface area contributed by atoms with Crippen LogP contribution in [0.3, 0.4) is 0 Å². The second-order valence-corrected chi connectivity index (χ2v) is 9.89. The minimum atomic E-state index is -0.0484. The number of carbonyl (C=O) groups excluding carboxylic acids is 3. The number of rotatable bonds is 7. The molecule has 0 spiro atoms. The fourth-order valence-corrected chi connectivity index (χ4v) is 4.64. The van der Waals surface area contributed by atoms with Crippen LogP contribution in [0.25, 0.3) is 0 Å². The molecule has 0 radical (unpaired) electrons. The molecule has 2 aliphatic heterocycles. The Morgan fingerprint density at radius 1 is 1.16 bits per heavy atom. The Balaban J connectivity index is 1.52. The minimum Gasteiger partial charge on any atom is -0.355 e. The van der Waals surface area contributed by atoms with Crippen molar-refractivity contribution in [3.8, 4) is 0 Å². The number of hydrogen-bond acceptors (Lipinski definition) is 4. The van der Waals surface area contributed by atoms with E-state index in [1.807, 2.05) is 37.2 Å². The summed E-state index contributed by atoms with van der Waals surface area (Å²) in [6.07, 6.45) is 2.78. The van der Waals surface area contributed by atoms with Crippen LogP contribution < -0.4 is 10.2 Å². The topological polar surface area (TPSA) is 73.0 Å². The van der Waals surface area contributed by atoms with Gasteiger partial charge in [0.25, 0.3) is 5.91 Å². The predicted octanol–water partition coefficient (Wildman–Crippen LogP) is 2.37. The van der Waals surface area contributed by atoms with Gasteiger partial charge in [-0.25, -0.2) is 0 Å². The number of hydrogen-bond donors (Lipinski definition) is 1. The summed E-state index contributed by atoms with van der Waals surface area (Å²) >= 11 is 0. The van der Waals surface area contributed by atoms with Crippen molar-refractivity contribution in [2.24, 2.45) is 11.3 Å². The van der Waals surface area contributed by atoms with Crippen molar-refractivity contribution in [2.75, 3.05) is 51.7 Å². The van der Waals surface area contributed by atoms with Crippen LogP contribution in [0.4, 0.5) is 5.69 Å². The first kappa shape index (κ1) is 23.3. The Hall–Kier alpha value is -2.41. The molecule has 1 N–H and O–H groups in total. The molecule has 31 heavy (non-hydrogen) atoms. The standard InChI is InChI=1S/C24H36N4O3/c1-24(2,17-26(3)4)16-25-22(30)18-10-13-27(14-11-18)23(31)19-7-5-8-20(15-19)28-12-6-9-21(28)29/h5,7-8,15,18H,6,9-14,16-17H2,1-4H3,(H,25,30). The molecule has 3 rings (SSSR count). The Morgan fingerprint density at radius 2 is 1.87 bits per heavy atom. The number of benzene rings is 1. The maximum absolute atomic E-state index is 13.0. The molecular formula is C24H36N4O3. The van der Waals surface area contributed by atoms with Crippen LogP contribution in [0, 0.1) is 11.3 Å². The highest BCUT2D eigenvalue weighted by atomic mass is 16.2. The van der Waals surface area contributed by atoms with E-state index < -0.39 is 0 Å². The van der Waals surface area contributed by atoms with Gasteiger partial charge in [0.15, 0.2) is 0 Å². The number of likely N-dealkylation sites (tertiary alicyclic amines) is 1. The molecule has 0 aliphatic carbocycles. The molecule has 3 amide bonds. The van der Waals surface area contributed by atoms with Gasteiger partial charge in [0.1, 0.15) is 0 Å². The smallest absolute Gasteiger partial charge is 0.253 e. The lowest BCUT2D eigenvalue weighted by Gasteiger charge is -2.33. The van der Waals surface area contributed by atoms with Crippen molar-refractivity contribution in [1.82, 2.24) is 15.1 Å². The molecule has 2 aliphatic rings. The maximum Gasteiger partial charge on any atom is 0.253 e. The summed E-state index contributed by atoms with van der Waals surface area (Å²) in [5.41, 5.74) is 1.41. The van der Waals surface area contributed by atoms with Gasteiger partial charge in [0.05, 0.1) is 0 Å². The van der Waals surface area contributed by atoms with E-state index >= 15 is 0 Å². The van der Waals surface area contributed by atoms with Crippen LogP contribution in [0.5, 0.6) is 0 Å². The zero-order valence-electron chi connectivity index (χ0n) is 19.3. The molecule has 1 aromatic rings. The van der Waals surface area contributed by atoms with Gasteiger partial charge in [-0.2, -0.15) is 0 Å². The quantitative estimate of drug-likeness (QED) is 0.724. The average molecular weight is 429 g/mol. The van der Waals surface area contributed by atoms with Crippen molar-refractivity contribution in [3.05, 3.63) is 29.8 Å². The highest BCUT2D eigenvalue weighted by molar-refractivity contribution is 5.99. The molecule has 7 heteroatoms. The first-order valence-electron chi connectivity index (χ1n) is 11.3. The molecule has 0 saturated carbocycles. The van der Waals surface area contributed by atoms with Crippen molar-refractivity contribution in [1.29, 1.82) is 0 Å². The van der Waals surface area contributed by atoms with Crippen LogP contribution in [-0.2, 0) is 9.59 Å². The van der Waals surface area contributed by atoms with Gasteiger partial charge in [-0.1, -0.05) is 19.9 Å². The zero-order valence-corrected chi connectivity index (χ0v) is 19.3. The van der Waals surface area contributed by atoms with E-state index in [1.54, 1.807) is 11.0 Å². The fraction of sp³-hybridized carbons (Fsp3) is 0.625. The van der Waals surface area contributed by atoms with Gasteiger partial charge in [0.2, 0.25) is 11.8 Å². The van der Waals surface area contributed by atoms with Crippen LogP contribution >= 0.6 is 0 Å². The number of carbonyl (C=O) groups is 3. The lowest BCUT2D eigenvalue weighted by Crippen LogP contribution is -2.46. The number of nitrogens with zero attached hydrogens (tertiary/aromatic N) is 3. The highest BCUT2D eigenvalue weighted by Crippen LogP contribution is 2.25. The molecule has 0 unspecified atom stereocenters. The van der Waals surface area contributed by atoms with E-state index in [0.29, 0.717) is 51.0 Å². The summed E-state index contributed by atoms with van der Waals surface area (Å²) in [4.78, 5) is 43.4. The molecule has 2 saturated heterocycles. The fourth-order valence-electron chi connectivity index (χ4n) is 4.64. The molecule has 2 fully saturated rings. The zero-order chi connectivity index (χ0) is 22.6. The molecule has 2 heterocycles. The summed E-state index contributed by atoms with van der Waals surface area (Å²) in [5, 5.41) is 3.11. The van der Waals surface area contributed by atoms with Gasteiger partial charge < -0.3 is 20.0 Å². The van der Waals surface area contributed by atoms with Gasteiger partial charge >= 0.3 is 0 Å². The third kappa shape index (κ3) is 6.06. The van der Waals surface area contributed by atoms with Crippen molar-refractivity contribution in [2.45, 2.75) is 39.5 Å². The Kier molecular flexibility index (Phi) is 7.36. The number of piperidine rings is 1. The van der Waals surface area contributed by atoms with Gasteiger partial charge in [-0.3, -0.25) is 14.4 Å². The second-order valence-electron chi connectivity index (χ2n) is 9.89. The third-order valence-corrected chi connectivity index (χ3v) is 6.12. The lowest BCUT2D eigenvalue weighted by molar-refractivity contribution is -0.126. The normalized spacial score (nSPS) is 18.0. The molecule has 0 atom stereocenters. The van der Waals surface area contributed by atoms with Crippen LogP contribution in [0.2, 0.25) is 0 Å². The molecular weight excluding hydrogens is 392 g/mol. The summed E-state index contributed by atoms with van der Waals surface area (Å²) in [6.45, 7) is 7.71. The van der Waals surface area contributed by atoms with E-state index in [4.69, 9.17) is 0 Å². The Bertz CT molecular complexity index is 813. The molecule has 1 aromatic carbocycles. The summed E-state index contributed by atoms with van der Waals surface area (Å²) in [7, 11) is 4.07. The predicted molar refractivity (Wildman–Crippen MR) is 122 cm³/mol. The lowest BCUT2D eigenvalue weighted by atomic mass is 9.91. The molecule has 0 aromatic heterocycles. The summed E-state index contributed by atoms with van der Waals surface area (Å²) in [6, 6.07) is 7.34. The first-order chi connectivity index (χ1) is 14.7. The van der Waals surface area contributed by atoms with E-state index in [0.717, 1.165) is 18.7 Å². The SMILES string of the molecule is CN(C)CC(C)(C)CNC(=O)C1CCN(C(=O)c2cccc(N3CCCC3=O)c2)CC1. The van der Waals surface area contributed by atoms with E-state index in [1.165, 1.54) is 0 Å². The summed E-state index contributed by atoms with van der Waals surface area (Å²) < 4.78 is 0. The van der Waals surface area contributed by atoms with Crippen molar-refractivity contribution < 1.29 is 14.4 Å². The van der Waals surface area contributed by atoms with Crippen LogP contribution in [0.1, 0.15) is 49.9 Å². The molecule has 170 valence electrons. The maximum atomic E-state index is 13.0. The average Bonchev–Trinajstić information content (AvgIpc) is 3.17. The van der Waals surface area contributed by atoms with Gasteiger partial charge in [-0.05, 0) is 57.0 Å². The van der Waals surface area contributed by atoms with E-state index in [9.17, 15) is 14.4 Å². The van der Waals surface area contributed by atoms with Crippen molar-refractivity contribution in [3.63, 3.8) is 0 Å². The monoisotopic (exact) mass is 428 g/mol. The van der Waals surface area contributed by atoms with Crippen LogP contribution in [-0.4, -0.2) is 74.3 Å². The third-order valence-electron chi connectivity index (χ3n) is 6.12. The largest absolute Gasteiger partial charge is 0.355 e. The number of anilines is 1. The van der Waals surface area contributed by atoms with E-state index in [2.05, 4.69) is 24.1 Å². The van der Waals surface area contributed by atoms with Crippen molar-refractivity contribution >= 4 is 23.4 Å². The van der Waals surface area contributed by atoms with E-state index in [-0.39, 0.29) is 29.1 Å². The first-order valence-corrected chi connectivity index (χ1v) is 11.3. The summed E-state index contributed by atoms with van der Waals surface area (Å²) in [5.74, 6) is 0.130. The van der Waals surface area contributed by atoms with Gasteiger partial charge in [-0.15, -0.1) is 0 Å². The molecule has 7 nitrogen and oxygen atoms in total. The Labute approximate surface area is 185 Å². The van der Waals surface area contributed by atoms with Crippen LogP contribution in [0.15, 0.2) is 24.3 Å². The second kappa shape index (κ2) is 9.81. The Morgan fingerprint density at radius 3 is 2.48 bits per heavy atom. The molecule has 0 bridgehead atoms. The highest BCUT2D eigenvalue weighted by Gasteiger charge is 2.30. The number of amides is 3. The number of nitrogens with one attached hydrogen (secondary N) is 1. The minimum absolute atomic E-state index is 0.0115.